The second-order valence-corrected chi connectivity index (χ2v) is 7.46. The van der Waals surface area contributed by atoms with Crippen LogP contribution < -0.4 is 25.4 Å². The summed E-state index contributed by atoms with van der Waals surface area (Å²) in [5.41, 5.74) is 0. The number of hydrogen-bond donors (Lipinski definition) is 0. The maximum Gasteiger partial charge on any atom is 0.586 e. The molecule has 0 spiro atoms. The van der Waals surface area contributed by atoms with E-state index >= 15 is 0 Å². The van der Waals surface area contributed by atoms with Crippen molar-refractivity contribution in [3.05, 3.63) is 78.9 Å². The SMILES string of the molecule is FC1(F)Oc2cccc(P(c3ccccc3)c3ccccc3)c2O1. The highest BCUT2D eigenvalue weighted by molar-refractivity contribution is 7.80. The van der Waals surface area contributed by atoms with Crippen LogP contribution in [0.25, 0.3) is 0 Å². The molecule has 1 heterocycles. The minimum atomic E-state index is -3.62. The minimum Gasteiger partial charge on any atom is -0.395 e. The van der Waals surface area contributed by atoms with Crippen LogP contribution in [-0.4, -0.2) is 6.29 Å². The van der Waals surface area contributed by atoms with Gasteiger partial charge in [-0.25, -0.2) is 0 Å². The lowest BCUT2D eigenvalue weighted by atomic mass is 10.3. The maximum atomic E-state index is 13.5. The molecule has 3 aromatic rings. The zero-order valence-corrected chi connectivity index (χ0v) is 13.4. The van der Waals surface area contributed by atoms with Gasteiger partial charge in [-0.15, -0.1) is 8.78 Å². The second kappa shape index (κ2) is 5.88. The predicted molar refractivity (Wildman–Crippen MR) is 91.4 cm³/mol. The summed E-state index contributed by atoms with van der Waals surface area (Å²) < 4.78 is 36.5. The van der Waals surface area contributed by atoms with Crippen LogP contribution >= 0.6 is 7.92 Å². The molecule has 0 saturated carbocycles. The Morgan fingerprint density at radius 1 is 0.667 bits per heavy atom. The lowest BCUT2D eigenvalue weighted by Gasteiger charge is -2.20. The van der Waals surface area contributed by atoms with E-state index in [1.54, 1.807) is 6.07 Å². The van der Waals surface area contributed by atoms with E-state index < -0.39 is 14.2 Å². The first-order chi connectivity index (χ1) is 11.6. The molecule has 2 nitrogen and oxygen atoms in total. The topological polar surface area (TPSA) is 18.5 Å². The Kier molecular flexibility index (Phi) is 3.70. The largest absolute Gasteiger partial charge is 0.586 e. The first kappa shape index (κ1) is 15.1. The molecule has 0 saturated heterocycles. The van der Waals surface area contributed by atoms with Crippen LogP contribution in [0.3, 0.4) is 0 Å². The molecule has 0 aromatic heterocycles. The third-order valence-electron chi connectivity index (χ3n) is 3.68. The molecule has 3 aromatic carbocycles. The molecule has 120 valence electrons. The quantitative estimate of drug-likeness (QED) is 0.675. The van der Waals surface area contributed by atoms with E-state index in [-0.39, 0.29) is 11.5 Å². The molecule has 0 N–H and O–H groups in total. The van der Waals surface area contributed by atoms with Crippen molar-refractivity contribution in [2.75, 3.05) is 0 Å². The van der Waals surface area contributed by atoms with Gasteiger partial charge in [-0.1, -0.05) is 66.7 Å². The van der Waals surface area contributed by atoms with Gasteiger partial charge in [0.15, 0.2) is 11.5 Å². The Hall–Kier alpha value is -2.45. The van der Waals surface area contributed by atoms with E-state index in [1.165, 1.54) is 6.07 Å². The monoisotopic (exact) mass is 342 g/mol. The summed E-state index contributed by atoms with van der Waals surface area (Å²) in [6, 6.07) is 24.7. The molecular weight excluding hydrogens is 329 g/mol. The van der Waals surface area contributed by atoms with Crippen LogP contribution in [0.4, 0.5) is 8.78 Å². The molecule has 24 heavy (non-hydrogen) atoms. The van der Waals surface area contributed by atoms with E-state index in [0.717, 1.165) is 15.9 Å². The third-order valence-corrected chi connectivity index (χ3v) is 6.14. The van der Waals surface area contributed by atoms with Crippen LogP contribution in [0.2, 0.25) is 0 Å². The maximum absolute atomic E-state index is 13.5. The first-order valence-corrected chi connectivity index (χ1v) is 8.77. The van der Waals surface area contributed by atoms with Gasteiger partial charge in [0.05, 0.1) is 0 Å². The Morgan fingerprint density at radius 2 is 1.25 bits per heavy atom. The highest BCUT2D eigenvalue weighted by Crippen LogP contribution is 2.46. The Bertz CT molecular complexity index is 814. The van der Waals surface area contributed by atoms with Gasteiger partial charge in [0.2, 0.25) is 0 Å². The predicted octanol–water partition coefficient (Wildman–Crippen LogP) is 3.77. The van der Waals surface area contributed by atoms with Crippen molar-refractivity contribution in [1.82, 2.24) is 0 Å². The van der Waals surface area contributed by atoms with E-state index in [4.69, 9.17) is 4.74 Å². The molecule has 0 unspecified atom stereocenters. The Morgan fingerprint density at radius 3 is 1.83 bits per heavy atom. The Balaban J connectivity index is 1.90. The molecule has 0 atom stereocenters. The highest BCUT2D eigenvalue weighted by Gasteiger charge is 2.45. The molecule has 0 amide bonds. The van der Waals surface area contributed by atoms with Gasteiger partial charge in [0, 0.05) is 5.30 Å². The number of para-hydroxylation sites is 1. The molecule has 0 fully saturated rings. The normalized spacial score (nSPS) is 14.8. The van der Waals surface area contributed by atoms with Gasteiger partial charge in [0.25, 0.3) is 0 Å². The van der Waals surface area contributed by atoms with Gasteiger partial charge in [-0.05, 0) is 30.7 Å². The number of fused-ring (bicyclic) bond motifs is 1. The summed E-state index contributed by atoms with van der Waals surface area (Å²) in [6.07, 6.45) is -3.62. The number of alkyl halides is 2. The van der Waals surface area contributed by atoms with Gasteiger partial charge >= 0.3 is 6.29 Å². The van der Waals surface area contributed by atoms with Crippen molar-refractivity contribution in [3.63, 3.8) is 0 Å². The summed E-state index contributed by atoms with van der Waals surface area (Å²) in [6.45, 7) is 0. The van der Waals surface area contributed by atoms with Crippen LogP contribution in [0.15, 0.2) is 78.9 Å². The van der Waals surface area contributed by atoms with Gasteiger partial charge < -0.3 is 9.47 Å². The number of rotatable bonds is 3. The fraction of sp³-hybridized carbons (Fsp3) is 0.0526. The second-order valence-electron chi connectivity index (χ2n) is 5.28. The smallest absolute Gasteiger partial charge is 0.395 e. The Labute approximate surface area is 139 Å². The van der Waals surface area contributed by atoms with Crippen molar-refractivity contribution < 1.29 is 18.3 Å². The molecule has 1 aliphatic rings. The van der Waals surface area contributed by atoms with Gasteiger partial charge in [0.1, 0.15) is 0 Å². The summed E-state index contributed by atoms with van der Waals surface area (Å²) in [4.78, 5) is 0. The lowest BCUT2D eigenvalue weighted by molar-refractivity contribution is -0.286. The van der Waals surface area contributed by atoms with E-state index in [2.05, 4.69) is 4.74 Å². The van der Waals surface area contributed by atoms with Gasteiger partial charge in [-0.3, -0.25) is 0 Å². The molecule has 5 heteroatoms. The fourth-order valence-corrected chi connectivity index (χ4v) is 5.10. The summed E-state index contributed by atoms with van der Waals surface area (Å²) in [5.74, 6) is 0.207. The van der Waals surface area contributed by atoms with Crippen LogP contribution in [0.1, 0.15) is 0 Å². The van der Waals surface area contributed by atoms with Crippen LogP contribution in [-0.2, 0) is 0 Å². The number of benzene rings is 3. The van der Waals surface area contributed by atoms with E-state index in [1.807, 2.05) is 66.7 Å². The fourth-order valence-electron chi connectivity index (χ4n) is 2.71. The van der Waals surface area contributed by atoms with Gasteiger partial charge in [-0.2, -0.15) is 0 Å². The first-order valence-electron chi connectivity index (χ1n) is 7.43. The average molecular weight is 342 g/mol. The van der Waals surface area contributed by atoms with Crippen LogP contribution in [0.5, 0.6) is 11.5 Å². The summed E-state index contributed by atoms with van der Waals surface area (Å²) in [7, 11) is -1.03. The average Bonchev–Trinajstić information content (AvgIpc) is 2.92. The summed E-state index contributed by atoms with van der Waals surface area (Å²) in [5, 5.41) is 2.84. The van der Waals surface area contributed by atoms with Crippen molar-refractivity contribution in [2.45, 2.75) is 6.29 Å². The number of hydrogen-bond acceptors (Lipinski definition) is 2. The van der Waals surface area contributed by atoms with Crippen molar-refractivity contribution in [1.29, 1.82) is 0 Å². The molecule has 0 aliphatic carbocycles. The molecule has 0 radical (unpaired) electrons. The van der Waals surface area contributed by atoms with Crippen LogP contribution in [0, 0.1) is 0 Å². The van der Waals surface area contributed by atoms with E-state index in [9.17, 15) is 8.78 Å². The summed E-state index contributed by atoms with van der Waals surface area (Å²) >= 11 is 0. The van der Waals surface area contributed by atoms with Crippen molar-refractivity contribution in [2.24, 2.45) is 0 Å². The molecule has 4 rings (SSSR count). The minimum absolute atomic E-state index is 0.0804. The van der Waals surface area contributed by atoms with E-state index in [0.29, 0.717) is 0 Å². The van der Waals surface area contributed by atoms with Crippen molar-refractivity contribution >= 4 is 23.8 Å². The molecular formula is C19H13F2O2P. The molecule has 0 bridgehead atoms. The zero-order chi connectivity index (χ0) is 16.6. The highest BCUT2D eigenvalue weighted by atomic mass is 31.1. The lowest BCUT2D eigenvalue weighted by Crippen LogP contribution is -2.27. The number of halogens is 2. The standard InChI is InChI=1S/C19H13F2O2P/c20-19(21)22-16-12-7-13-17(18(16)23-19)24(14-8-3-1-4-9-14)15-10-5-2-6-11-15/h1-13H. The van der Waals surface area contributed by atoms with Crippen molar-refractivity contribution in [3.8, 4) is 11.5 Å². The third kappa shape index (κ3) is 2.74. The molecule has 1 aliphatic heterocycles. The zero-order valence-electron chi connectivity index (χ0n) is 12.5. The number of ether oxygens (including phenoxy) is 2.